The molecule has 2 atom stereocenters. The second-order valence-corrected chi connectivity index (χ2v) is 38.0. The van der Waals surface area contributed by atoms with E-state index in [0.29, 0.717) is 18.8 Å². The maximum atomic E-state index is 12.8. The Morgan fingerprint density at radius 3 is 1.22 bits per heavy atom. The van der Waals surface area contributed by atoms with Crippen molar-refractivity contribution in [2.75, 3.05) is 39.5 Å². The summed E-state index contributed by atoms with van der Waals surface area (Å²) in [5.41, 5.74) is 0.349. The minimum Gasteiger partial charge on any atom is -0.398 e. The third-order valence-electron chi connectivity index (χ3n) is 6.03. The quantitative estimate of drug-likeness (QED) is 0.0554. The summed E-state index contributed by atoms with van der Waals surface area (Å²) in [4.78, 5) is 14.2. The molecule has 0 aromatic carbocycles. The fraction of sp³-hybridized carbons (Fsp3) is 0.900. The highest BCUT2D eigenvalue weighted by molar-refractivity contribution is 6.72. The molecule has 2 unspecified atom stereocenters. The number of aliphatic hydroxyl groups is 2. The van der Waals surface area contributed by atoms with Crippen LogP contribution in [0.2, 0.25) is 90.7 Å². The molecule has 0 aromatic rings. The summed E-state index contributed by atoms with van der Waals surface area (Å²) in [5.74, 6) is -0.389. The van der Waals surface area contributed by atoms with Crippen molar-refractivity contribution in [2.24, 2.45) is 0 Å². The molecule has 0 aromatic heterocycles. The van der Waals surface area contributed by atoms with E-state index in [1.54, 1.807) is 6.92 Å². The molecule has 274 valence electrons. The normalized spacial score (nSPS) is 15.2. The Hall–Kier alpha value is 0.191. The Morgan fingerprint density at radius 2 is 0.957 bits per heavy atom. The highest BCUT2D eigenvalue weighted by Crippen LogP contribution is 2.16. The van der Waals surface area contributed by atoms with E-state index >= 15 is 0 Å². The summed E-state index contributed by atoms with van der Waals surface area (Å²) >= 11 is 0. The smallest absolute Gasteiger partial charge is 0.249 e. The largest absolute Gasteiger partial charge is 0.398 e. The lowest BCUT2D eigenvalue weighted by Crippen LogP contribution is -2.44. The van der Waals surface area contributed by atoms with Crippen LogP contribution in [-0.2, 0) is 32.0 Å². The molecule has 0 radical (unpaired) electrons. The van der Waals surface area contributed by atoms with Gasteiger partial charge in [0.05, 0.1) is 44.5 Å². The molecule has 0 fully saturated rings. The van der Waals surface area contributed by atoms with Crippen LogP contribution in [0.25, 0.3) is 0 Å². The Morgan fingerprint density at radius 1 is 0.652 bits per heavy atom. The third kappa shape index (κ3) is 28.1. The minimum atomic E-state index is -1.69. The highest BCUT2D eigenvalue weighted by atomic mass is 28.4. The summed E-state index contributed by atoms with van der Waals surface area (Å²) < 4.78 is 36.7. The number of hydrogen-bond acceptors (Lipinski definition) is 9. The van der Waals surface area contributed by atoms with Gasteiger partial charge in [-0.15, -0.1) is 0 Å². The van der Waals surface area contributed by atoms with Gasteiger partial charge in [-0.2, -0.15) is 0 Å². The van der Waals surface area contributed by atoms with Crippen molar-refractivity contribution in [1.29, 1.82) is 0 Å². The molecule has 0 heterocycles. The number of carbonyl (C=O) groups is 1. The van der Waals surface area contributed by atoms with E-state index < -0.39 is 64.5 Å². The van der Waals surface area contributed by atoms with E-state index in [9.17, 15) is 15.0 Å². The summed E-state index contributed by atoms with van der Waals surface area (Å²) in [6.07, 6.45) is 0.0105. The molecule has 0 aliphatic rings. The molecule has 10 nitrogen and oxygen atoms in total. The van der Waals surface area contributed by atoms with Crippen molar-refractivity contribution in [2.45, 2.75) is 134 Å². The SMILES string of the molecule is C=C(C)C(=O)N(CC(O)COCCC[SiH2]C(O[Si](C)(C)C)O[Si](C)(C)C)CC(O)COCCC[SiH2]C(O[Si](C)(C)C)O[Si](C)(C)C. The lowest BCUT2D eigenvalue weighted by atomic mass is 10.2. The van der Waals surface area contributed by atoms with E-state index in [1.165, 1.54) is 4.90 Å². The Kier molecular flexibility index (Phi) is 22.2. The van der Waals surface area contributed by atoms with Crippen LogP contribution in [0.3, 0.4) is 0 Å². The second kappa shape index (κ2) is 22.1. The van der Waals surface area contributed by atoms with Crippen molar-refractivity contribution in [3.05, 3.63) is 12.2 Å². The fourth-order valence-electron chi connectivity index (χ4n) is 4.45. The minimum absolute atomic E-state index is 0.0426. The van der Waals surface area contributed by atoms with Gasteiger partial charge in [0.1, 0.15) is 11.8 Å². The zero-order valence-electron chi connectivity index (χ0n) is 31.7. The van der Waals surface area contributed by atoms with Crippen LogP contribution in [-0.4, -0.2) is 137 Å². The third-order valence-corrected chi connectivity index (χ3v) is 14.7. The van der Waals surface area contributed by atoms with Gasteiger partial charge in [0, 0.05) is 31.9 Å². The Labute approximate surface area is 290 Å². The molecule has 0 spiro atoms. The van der Waals surface area contributed by atoms with Crippen molar-refractivity contribution in [1.82, 2.24) is 4.90 Å². The predicted molar refractivity (Wildman–Crippen MR) is 206 cm³/mol. The van der Waals surface area contributed by atoms with Gasteiger partial charge in [-0.05, 0) is 98.3 Å². The van der Waals surface area contributed by atoms with Gasteiger partial charge in [-0.3, -0.25) is 4.79 Å². The first-order valence-electron chi connectivity index (χ1n) is 17.0. The van der Waals surface area contributed by atoms with Gasteiger partial charge in [0.15, 0.2) is 33.3 Å². The zero-order valence-corrected chi connectivity index (χ0v) is 38.5. The molecule has 0 bridgehead atoms. The van der Waals surface area contributed by atoms with Crippen molar-refractivity contribution in [3.8, 4) is 0 Å². The van der Waals surface area contributed by atoms with Crippen molar-refractivity contribution < 1.29 is 42.2 Å². The molecule has 0 saturated heterocycles. The molecular formula is C30H71NO9Si6. The van der Waals surface area contributed by atoms with Crippen LogP contribution in [0.1, 0.15) is 19.8 Å². The first-order chi connectivity index (χ1) is 20.9. The van der Waals surface area contributed by atoms with Crippen LogP contribution < -0.4 is 0 Å². The van der Waals surface area contributed by atoms with E-state index in [2.05, 4.69) is 85.1 Å². The van der Waals surface area contributed by atoms with E-state index in [1.807, 2.05) is 0 Å². The first kappa shape index (κ1) is 46.2. The molecule has 46 heavy (non-hydrogen) atoms. The maximum Gasteiger partial charge on any atom is 0.249 e. The molecule has 1 amide bonds. The Balaban J connectivity index is 4.58. The predicted octanol–water partition coefficient (Wildman–Crippen LogP) is 4.07. The molecule has 0 saturated carbocycles. The monoisotopic (exact) mass is 757 g/mol. The molecule has 16 heteroatoms. The van der Waals surface area contributed by atoms with Gasteiger partial charge in [-0.1, -0.05) is 18.7 Å². The lowest BCUT2D eigenvalue weighted by Gasteiger charge is -2.31. The topological polar surface area (TPSA) is 116 Å². The van der Waals surface area contributed by atoms with Crippen LogP contribution >= 0.6 is 0 Å². The molecule has 2 N–H and O–H groups in total. The van der Waals surface area contributed by atoms with Gasteiger partial charge >= 0.3 is 0 Å². The first-order valence-corrected chi connectivity index (χ1v) is 34.3. The van der Waals surface area contributed by atoms with Crippen LogP contribution in [0, 0.1) is 0 Å². The van der Waals surface area contributed by atoms with E-state index in [-0.39, 0.29) is 44.0 Å². The number of amides is 1. The van der Waals surface area contributed by atoms with Crippen molar-refractivity contribution in [3.63, 3.8) is 0 Å². The second-order valence-electron chi connectivity index (χ2n) is 16.2. The lowest BCUT2D eigenvalue weighted by molar-refractivity contribution is -0.131. The number of nitrogens with zero attached hydrogens (tertiary/aromatic N) is 1. The van der Waals surface area contributed by atoms with Crippen molar-refractivity contribution >= 4 is 58.2 Å². The Bertz CT molecular complexity index is 772. The van der Waals surface area contributed by atoms with Crippen LogP contribution in [0.5, 0.6) is 0 Å². The van der Waals surface area contributed by atoms with Gasteiger partial charge < -0.3 is 42.3 Å². The van der Waals surface area contributed by atoms with E-state index in [0.717, 1.165) is 24.9 Å². The average Bonchev–Trinajstić information content (AvgIpc) is 2.83. The number of rotatable bonds is 27. The van der Waals surface area contributed by atoms with Gasteiger partial charge in [0.25, 0.3) is 0 Å². The summed E-state index contributed by atoms with van der Waals surface area (Å²) in [7, 11) is -7.93. The highest BCUT2D eigenvalue weighted by Gasteiger charge is 2.28. The fourth-order valence-corrected chi connectivity index (χ4v) is 17.5. The summed E-state index contributed by atoms with van der Waals surface area (Å²) in [6, 6.07) is 2.06. The standard InChI is InChI=1S/C30H71NO9Si6/c1-25(2)28(34)31(21-26(32)23-35-17-15-19-41-29(37-43(3,4)5)38-44(6,7)8)22-27(33)24-36-18-16-20-42-30(39-45(9,10)11)40-46(12,13)14/h26-27,29-30,32-33H,1,15-24,41-42H2,2-14H3. The summed E-state index contributed by atoms with van der Waals surface area (Å²) in [6.45, 7) is 33.1. The van der Waals surface area contributed by atoms with Gasteiger partial charge in [0.2, 0.25) is 5.91 Å². The number of aliphatic hydroxyl groups excluding tert-OH is 2. The van der Waals surface area contributed by atoms with E-state index in [4.69, 9.17) is 27.2 Å². The molecule has 0 rings (SSSR count). The van der Waals surface area contributed by atoms with Crippen LogP contribution in [0.15, 0.2) is 12.2 Å². The summed E-state index contributed by atoms with van der Waals surface area (Å²) in [5, 5.41) is 21.3. The number of hydrogen-bond donors (Lipinski definition) is 2. The zero-order chi connectivity index (χ0) is 35.8. The average molecular weight is 758 g/mol. The van der Waals surface area contributed by atoms with Crippen LogP contribution in [0.4, 0.5) is 0 Å². The number of ether oxygens (including phenoxy) is 2. The molecule has 0 aliphatic heterocycles. The van der Waals surface area contributed by atoms with Gasteiger partial charge in [-0.25, -0.2) is 0 Å². The molecular weight excluding hydrogens is 687 g/mol. The maximum absolute atomic E-state index is 12.8. The number of carbonyl (C=O) groups excluding carboxylic acids is 1. The molecule has 0 aliphatic carbocycles.